The molecule has 38 heavy (non-hydrogen) atoms. The molecule has 6 rings (SSSR count). The number of hydrogen-bond acceptors (Lipinski definition) is 4. The Kier molecular flexibility index (Phi) is 6.16. The fraction of sp³-hybridized carbons (Fsp3) is 0.214. The number of aromatic nitrogens is 3. The summed E-state index contributed by atoms with van der Waals surface area (Å²) < 4.78 is 16.1. The van der Waals surface area contributed by atoms with Gasteiger partial charge in [0.25, 0.3) is 11.8 Å². The zero-order chi connectivity index (χ0) is 26.4. The van der Waals surface area contributed by atoms with Gasteiger partial charge in [-0.1, -0.05) is 23.2 Å². The molecular formula is C28H22Cl2FN5O2. The van der Waals surface area contributed by atoms with Gasteiger partial charge in [0.05, 0.1) is 11.3 Å². The lowest BCUT2D eigenvalue weighted by Crippen LogP contribution is -2.47. The maximum Gasteiger partial charge on any atom is 0.261 e. The van der Waals surface area contributed by atoms with Crippen LogP contribution in [0.25, 0.3) is 5.69 Å². The minimum absolute atomic E-state index is 0.0195. The zero-order valence-electron chi connectivity index (χ0n) is 20.2. The van der Waals surface area contributed by atoms with E-state index in [1.165, 1.54) is 18.2 Å². The summed E-state index contributed by atoms with van der Waals surface area (Å²) in [5, 5.41) is 4.43. The average molecular weight is 550 g/mol. The van der Waals surface area contributed by atoms with Crippen molar-refractivity contribution < 1.29 is 14.0 Å². The van der Waals surface area contributed by atoms with Gasteiger partial charge in [0.1, 0.15) is 16.1 Å². The number of carbonyl (C=O) groups excluding carboxylic acids is 2. The minimum Gasteiger partial charge on any atom is -0.339 e. The number of likely N-dealkylation sites (tertiary alicyclic amines) is 1. The molecule has 4 heterocycles. The highest BCUT2D eigenvalue weighted by Gasteiger charge is 2.47. The van der Waals surface area contributed by atoms with Crippen molar-refractivity contribution in [1.29, 1.82) is 0 Å². The van der Waals surface area contributed by atoms with Gasteiger partial charge in [0, 0.05) is 48.7 Å². The molecule has 0 unspecified atom stereocenters. The van der Waals surface area contributed by atoms with Crippen LogP contribution in [0.2, 0.25) is 10.3 Å². The Hall–Kier alpha value is -3.75. The van der Waals surface area contributed by atoms with E-state index in [1.54, 1.807) is 40.0 Å². The van der Waals surface area contributed by atoms with E-state index in [0.29, 0.717) is 43.7 Å². The van der Waals surface area contributed by atoms with Crippen molar-refractivity contribution in [3.05, 3.63) is 106 Å². The molecule has 10 heteroatoms. The van der Waals surface area contributed by atoms with Crippen LogP contribution in [0.3, 0.4) is 0 Å². The number of piperidine rings is 1. The number of benzene rings is 2. The van der Waals surface area contributed by atoms with Crippen molar-refractivity contribution in [2.45, 2.75) is 18.3 Å². The van der Waals surface area contributed by atoms with Crippen LogP contribution < -0.4 is 4.90 Å². The van der Waals surface area contributed by atoms with E-state index in [4.69, 9.17) is 23.2 Å². The summed E-state index contributed by atoms with van der Waals surface area (Å²) in [6.45, 7) is 1.34. The van der Waals surface area contributed by atoms with E-state index >= 15 is 0 Å². The Morgan fingerprint density at radius 3 is 2.39 bits per heavy atom. The van der Waals surface area contributed by atoms with Gasteiger partial charge in [-0.3, -0.25) is 9.59 Å². The molecule has 0 radical (unpaired) electrons. The van der Waals surface area contributed by atoms with E-state index in [2.05, 4.69) is 10.1 Å². The Morgan fingerprint density at radius 1 is 0.947 bits per heavy atom. The minimum atomic E-state index is -0.472. The number of anilines is 1. The first-order chi connectivity index (χ1) is 18.3. The molecule has 0 atom stereocenters. The fourth-order valence-electron chi connectivity index (χ4n) is 5.47. The van der Waals surface area contributed by atoms with E-state index in [-0.39, 0.29) is 33.5 Å². The molecule has 2 aliphatic rings. The molecule has 0 N–H and O–H groups in total. The topological polar surface area (TPSA) is 71.3 Å². The maximum absolute atomic E-state index is 14.4. The first-order valence-corrected chi connectivity index (χ1v) is 12.9. The maximum atomic E-state index is 14.4. The van der Waals surface area contributed by atoms with Crippen LogP contribution in [-0.4, -0.2) is 51.1 Å². The number of fused-ring (bicyclic) bond motifs is 2. The van der Waals surface area contributed by atoms with Crippen LogP contribution >= 0.6 is 23.2 Å². The van der Waals surface area contributed by atoms with Crippen LogP contribution in [0.15, 0.2) is 73.1 Å². The van der Waals surface area contributed by atoms with Gasteiger partial charge < -0.3 is 9.80 Å². The summed E-state index contributed by atoms with van der Waals surface area (Å²) in [6, 6.07) is 16.7. The molecular weight excluding hydrogens is 528 g/mol. The second-order valence-corrected chi connectivity index (χ2v) is 10.3. The summed E-state index contributed by atoms with van der Waals surface area (Å²) in [6.07, 6.45) is 4.73. The van der Waals surface area contributed by atoms with Gasteiger partial charge >= 0.3 is 0 Å². The quantitative estimate of drug-likeness (QED) is 0.314. The number of hydrogen-bond donors (Lipinski definition) is 0. The zero-order valence-corrected chi connectivity index (χ0v) is 21.7. The fourth-order valence-corrected chi connectivity index (χ4v) is 5.89. The van der Waals surface area contributed by atoms with Crippen molar-refractivity contribution in [2.24, 2.45) is 0 Å². The standard InChI is InChI=1S/C28H22Cl2FN5O2/c29-24-9-7-21(25(30)33-24)27(38)35-17-28(22-16-19(31)4-8-23(22)35)10-14-34(15-11-28)26(37)18-2-5-20(6-3-18)36-13-1-12-32-36/h1-9,12-13,16H,10-11,14-15,17H2. The monoisotopic (exact) mass is 549 g/mol. The van der Waals surface area contributed by atoms with Crippen molar-refractivity contribution >= 4 is 40.7 Å². The molecule has 1 saturated heterocycles. The van der Waals surface area contributed by atoms with Crippen LogP contribution in [0.1, 0.15) is 39.1 Å². The van der Waals surface area contributed by atoms with Crippen LogP contribution in [0.4, 0.5) is 10.1 Å². The molecule has 2 aliphatic heterocycles. The Morgan fingerprint density at radius 2 is 1.71 bits per heavy atom. The van der Waals surface area contributed by atoms with Crippen LogP contribution in [0, 0.1) is 5.82 Å². The van der Waals surface area contributed by atoms with Crippen molar-refractivity contribution in [2.75, 3.05) is 24.5 Å². The van der Waals surface area contributed by atoms with Crippen molar-refractivity contribution in [3.63, 3.8) is 0 Å². The first-order valence-electron chi connectivity index (χ1n) is 12.2. The smallest absolute Gasteiger partial charge is 0.261 e. The van der Waals surface area contributed by atoms with Gasteiger partial charge in [-0.25, -0.2) is 14.1 Å². The molecule has 2 aromatic carbocycles. The summed E-state index contributed by atoms with van der Waals surface area (Å²) in [5.41, 5.74) is 2.65. The highest BCUT2D eigenvalue weighted by Crippen LogP contribution is 2.48. The summed E-state index contributed by atoms with van der Waals surface area (Å²) >= 11 is 12.1. The van der Waals surface area contributed by atoms with E-state index in [1.807, 2.05) is 29.3 Å². The highest BCUT2D eigenvalue weighted by atomic mass is 35.5. The number of nitrogens with zero attached hydrogens (tertiary/aromatic N) is 5. The first kappa shape index (κ1) is 24.6. The molecule has 1 fully saturated rings. The summed E-state index contributed by atoms with van der Waals surface area (Å²) in [4.78, 5) is 34.2. The third-order valence-corrected chi connectivity index (χ3v) is 7.96. The van der Waals surface area contributed by atoms with Crippen LogP contribution in [-0.2, 0) is 5.41 Å². The van der Waals surface area contributed by atoms with E-state index in [9.17, 15) is 14.0 Å². The van der Waals surface area contributed by atoms with Gasteiger partial charge in [-0.2, -0.15) is 5.10 Å². The number of carbonyl (C=O) groups is 2. The van der Waals surface area contributed by atoms with Crippen LogP contribution in [0.5, 0.6) is 0 Å². The molecule has 0 saturated carbocycles. The van der Waals surface area contributed by atoms with Crippen molar-refractivity contribution in [1.82, 2.24) is 19.7 Å². The number of rotatable bonds is 3. The lowest BCUT2D eigenvalue weighted by molar-refractivity contribution is 0.0670. The summed E-state index contributed by atoms with van der Waals surface area (Å²) in [7, 11) is 0. The number of halogens is 3. The van der Waals surface area contributed by atoms with Gasteiger partial charge in [0.2, 0.25) is 0 Å². The second-order valence-electron chi connectivity index (χ2n) is 9.60. The normalized spacial score (nSPS) is 16.1. The molecule has 1 spiro atoms. The molecule has 4 aromatic rings. The van der Waals surface area contributed by atoms with E-state index in [0.717, 1.165) is 11.3 Å². The molecule has 192 valence electrons. The molecule has 0 bridgehead atoms. The lowest BCUT2D eigenvalue weighted by Gasteiger charge is -2.40. The molecule has 7 nitrogen and oxygen atoms in total. The highest BCUT2D eigenvalue weighted by molar-refractivity contribution is 6.35. The van der Waals surface area contributed by atoms with E-state index < -0.39 is 5.41 Å². The molecule has 0 aliphatic carbocycles. The third-order valence-electron chi connectivity index (χ3n) is 7.46. The van der Waals surface area contributed by atoms with Gasteiger partial charge in [-0.15, -0.1) is 0 Å². The Balaban J connectivity index is 1.22. The van der Waals surface area contributed by atoms with Crippen molar-refractivity contribution in [3.8, 4) is 5.69 Å². The average Bonchev–Trinajstić information content (AvgIpc) is 3.56. The summed E-state index contributed by atoms with van der Waals surface area (Å²) in [5.74, 6) is -0.740. The molecule has 2 aromatic heterocycles. The number of amides is 2. The second kappa shape index (κ2) is 9.53. The number of pyridine rings is 1. The molecule has 2 amide bonds. The van der Waals surface area contributed by atoms with Gasteiger partial charge in [-0.05, 0) is 79.1 Å². The Labute approximate surface area is 228 Å². The predicted octanol–water partition coefficient (Wildman–Crippen LogP) is 5.55. The predicted molar refractivity (Wildman–Crippen MR) is 143 cm³/mol. The van der Waals surface area contributed by atoms with Gasteiger partial charge in [0.15, 0.2) is 0 Å². The lowest BCUT2D eigenvalue weighted by atomic mass is 9.74. The SMILES string of the molecule is O=C(c1ccc(-n2cccn2)cc1)N1CCC2(CC1)CN(C(=O)c1ccc(Cl)nc1Cl)c1ccc(F)cc12. The largest absolute Gasteiger partial charge is 0.339 e. The Bertz CT molecular complexity index is 1530. The third kappa shape index (κ3) is 4.23.